The van der Waals surface area contributed by atoms with E-state index in [9.17, 15) is 12.8 Å². The van der Waals surface area contributed by atoms with E-state index in [1.807, 2.05) is 30.3 Å². The van der Waals surface area contributed by atoms with Crippen LogP contribution in [0.3, 0.4) is 0 Å². The van der Waals surface area contributed by atoms with Crippen molar-refractivity contribution < 1.29 is 17.5 Å². The highest BCUT2D eigenvalue weighted by atomic mass is 32.2. The zero-order chi connectivity index (χ0) is 15.5. The summed E-state index contributed by atoms with van der Waals surface area (Å²) in [7, 11) is -2.55. The molecule has 1 N–H and O–H groups in total. The van der Waals surface area contributed by atoms with Crippen molar-refractivity contribution in [3.05, 3.63) is 59.9 Å². The van der Waals surface area contributed by atoms with Gasteiger partial charge in [0.15, 0.2) is 0 Å². The molecule has 0 saturated heterocycles. The van der Waals surface area contributed by atoms with E-state index in [-0.39, 0.29) is 10.6 Å². The predicted octanol–water partition coefficient (Wildman–Crippen LogP) is 2.87. The van der Waals surface area contributed by atoms with Crippen molar-refractivity contribution in [3.8, 4) is 5.75 Å². The first kappa shape index (κ1) is 15.5. The van der Waals surface area contributed by atoms with Crippen LogP contribution >= 0.6 is 0 Å². The molecule has 0 aliphatic heterocycles. The van der Waals surface area contributed by atoms with Gasteiger partial charge in [-0.05, 0) is 30.7 Å². The molecule has 0 aliphatic carbocycles. The third kappa shape index (κ3) is 3.59. The third-order valence-electron chi connectivity index (χ3n) is 3.05. The van der Waals surface area contributed by atoms with Crippen LogP contribution < -0.4 is 9.46 Å². The van der Waals surface area contributed by atoms with E-state index in [1.54, 1.807) is 6.92 Å². The average molecular weight is 309 g/mol. The first-order chi connectivity index (χ1) is 9.94. The Balaban J connectivity index is 2.33. The lowest BCUT2D eigenvalue weighted by molar-refractivity contribution is 0.400. The molecule has 0 radical (unpaired) electrons. The molecule has 0 saturated carbocycles. The largest absolute Gasteiger partial charge is 0.495 e. The lowest BCUT2D eigenvalue weighted by Crippen LogP contribution is -2.27. The highest BCUT2D eigenvalue weighted by Crippen LogP contribution is 2.26. The Morgan fingerprint density at radius 2 is 1.81 bits per heavy atom. The molecule has 1 unspecified atom stereocenters. The first-order valence-corrected chi connectivity index (χ1v) is 7.83. The summed E-state index contributed by atoms with van der Waals surface area (Å²) in [6.45, 7) is 1.72. The molecule has 2 aromatic rings. The molecule has 0 aromatic heterocycles. The number of nitrogens with one attached hydrogen (secondary N) is 1. The Hall–Kier alpha value is -1.92. The summed E-state index contributed by atoms with van der Waals surface area (Å²) in [5, 5.41) is 0. The van der Waals surface area contributed by atoms with Gasteiger partial charge in [-0.3, -0.25) is 0 Å². The lowest BCUT2D eigenvalue weighted by Gasteiger charge is -2.16. The molecule has 4 nitrogen and oxygen atoms in total. The maximum Gasteiger partial charge on any atom is 0.244 e. The van der Waals surface area contributed by atoms with Crippen molar-refractivity contribution in [2.75, 3.05) is 7.11 Å². The third-order valence-corrected chi connectivity index (χ3v) is 4.61. The number of sulfonamides is 1. The second-order valence-corrected chi connectivity index (χ2v) is 6.23. The summed E-state index contributed by atoms with van der Waals surface area (Å²) in [6.07, 6.45) is 0. The summed E-state index contributed by atoms with van der Waals surface area (Å²) in [5.74, 6) is -0.535. The molecule has 6 heteroatoms. The van der Waals surface area contributed by atoms with E-state index in [1.165, 1.54) is 13.2 Å². The van der Waals surface area contributed by atoms with Gasteiger partial charge in [0.05, 0.1) is 7.11 Å². The minimum Gasteiger partial charge on any atom is -0.495 e. The zero-order valence-corrected chi connectivity index (χ0v) is 12.5. The van der Waals surface area contributed by atoms with Crippen LogP contribution in [0, 0.1) is 5.82 Å². The fourth-order valence-electron chi connectivity index (χ4n) is 1.97. The fraction of sp³-hybridized carbons (Fsp3) is 0.200. The molecule has 2 aromatic carbocycles. The Morgan fingerprint density at radius 1 is 1.14 bits per heavy atom. The van der Waals surface area contributed by atoms with E-state index < -0.39 is 21.9 Å². The maximum absolute atomic E-state index is 13.3. The number of halogens is 1. The Labute approximate surface area is 123 Å². The van der Waals surface area contributed by atoms with E-state index in [0.29, 0.717) is 0 Å². The summed E-state index contributed by atoms with van der Waals surface area (Å²) in [6, 6.07) is 12.1. The Bertz CT molecular complexity index is 717. The zero-order valence-electron chi connectivity index (χ0n) is 11.7. The van der Waals surface area contributed by atoms with Crippen molar-refractivity contribution in [2.24, 2.45) is 0 Å². The Morgan fingerprint density at radius 3 is 2.43 bits per heavy atom. The van der Waals surface area contributed by atoms with Gasteiger partial charge in [0, 0.05) is 6.04 Å². The number of benzene rings is 2. The van der Waals surface area contributed by atoms with Gasteiger partial charge in [0.2, 0.25) is 10.0 Å². The molecule has 1 atom stereocenters. The smallest absolute Gasteiger partial charge is 0.244 e. The lowest BCUT2D eigenvalue weighted by atomic mass is 10.1. The van der Waals surface area contributed by atoms with Gasteiger partial charge in [0.25, 0.3) is 0 Å². The number of rotatable bonds is 5. The number of ether oxygens (including phenoxy) is 1. The molecule has 0 fully saturated rings. The SMILES string of the molecule is COc1ccc(F)cc1S(=O)(=O)NC(C)c1ccccc1. The topological polar surface area (TPSA) is 55.4 Å². The molecule has 0 amide bonds. The van der Waals surface area contributed by atoms with Crippen LogP contribution in [-0.4, -0.2) is 15.5 Å². The molecule has 2 rings (SSSR count). The highest BCUT2D eigenvalue weighted by molar-refractivity contribution is 7.89. The molecule has 0 spiro atoms. The predicted molar refractivity (Wildman–Crippen MR) is 78.1 cm³/mol. The molecular formula is C15H16FNO3S. The van der Waals surface area contributed by atoms with E-state index in [2.05, 4.69) is 4.72 Å². The van der Waals surface area contributed by atoms with Crippen LogP contribution in [0.25, 0.3) is 0 Å². The molecule has 0 aliphatic rings. The van der Waals surface area contributed by atoms with Gasteiger partial charge >= 0.3 is 0 Å². The summed E-state index contributed by atoms with van der Waals surface area (Å²) < 4.78 is 45.6. The van der Waals surface area contributed by atoms with Crippen molar-refractivity contribution in [1.82, 2.24) is 4.72 Å². The van der Waals surface area contributed by atoms with Crippen LogP contribution in [0.1, 0.15) is 18.5 Å². The van der Waals surface area contributed by atoms with Crippen LogP contribution in [0.5, 0.6) is 5.75 Å². The van der Waals surface area contributed by atoms with Crippen LogP contribution in [0.15, 0.2) is 53.4 Å². The Kier molecular flexibility index (Phi) is 4.59. The molecular weight excluding hydrogens is 293 g/mol. The van der Waals surface area contributed by atoms with Gasteiger partial charge in [0.1, 0.15) is 16.5 Å². The normalized spacial score (nSPS) is 12.9. The van der Waals surface area contributed by atoms with Gasteiger partial charge < -0.3 is 4.74 Å². The number of methoxy groups -OCH3 is 1. The van der Waals surface area contributed by atoms with E-state index >= 15 is 0 Å². The molecule has 0 bridgehead atoms. The van der Waals surface area contributed by atoms with Gasteiger partial charge in [-0.15, -0.1) is 0 Å². The van der Waals surface area contributed by atoms with E-state index in [0.717, 1.165) is 17.7 Å². The van der Waals surface area contributed by atoms with Gasteiger partial charge in [-0.1, -0.05) is 30.3 Å². The van der Waals surface area contributed by atoms with Crippen LogP contribution in [0.4, 0.5) is 4.39 Å². The average Bonchev–Trinajstić information content (AvgIpc) is 2.47. The monoisotopic (exact) mass is 309 g/mol. The minimum atomic E-state index is -3.89. The molecule has 0 heterocycles. The molecule has 21 heavy (non-hydrogen) atoms. The van der Waals surface area contributed by atoms with Gasteiger partial charge in [-0.25, -0.2) is 17.5 Å². The van der Waals surface area contributed by atoms with Crippen molar-refractivity contribution in [3.63, 3.8) is 0 Å². The standard InChI is InChI=1S/C15H16FNO3S/c1-11(12-6-4-3-5-7-12)17-21(18,19)15-10-13(16)8-9-14(15)20-2/h3-11,17H,1-2H3. The van der Waals surface area contributed by atoms with Crippen LogP contribution in [-0.2, 0) is 10.0 Å². The fourth-order valence-corrected chi connectivity index (χ4v) is 3.38. The van der Waals surface area contributed by atoms with E-state index in [4.69, 9.17) is 4.74 Å². The van der Waals surface area contributed by atoms with Crippen molar-refractivity contribution >= 4 is 10.0 Å². The van der Waals surface area contributed by atoms with Crippen molar-refractivity contribution in [2.45, 2.75) is 17.9 Å². The summed E-state index contributed by atoms with van der Waals surface area (Å²) in [4.78, 5) is -0.215. The summed E-state index contributed by atoms with van der Waals surface area (Å²) >= 11 is 0. The van der Waals surface area contributed by atoms with Gasteiger partial charge in [-0.2, -0.15) is 0 Å². The second kappa shape index (κ2) is 6.24. The number of hydrogen-bond donors (Lipinski definition) is 1. The summed E-state index contributed by atoms with van der Waals surface area (Å²) in [5.41, 5.74) is 0.816. The quantitative estimate of drug-likeness (QED) is 0.924. The molecule has 112 valence electrons. The number of hydrogen-bond acceptors (Lipinski definition) is 3. The highest BCUT2D eigenvalue weighted by Gasteiger charge is 2.23. The van der Waals surface area contributed by atoms with Crippen LogP contribution in [0.2, 0.25) is 0 Å². The maximum atomic E-state index is 13.3. The second-order valence-electron chi connectivity index (χ2n) is 4.55. The van der Waals surface area contributed by atoms with Crippen molar-refractivity contribution in [1.29, 1.82) is 0 Å². The first-order valence-electron chi connectivity index (χ1n) is 6.35. The minimum absolute atomic E-state index is 0.101.